The van der Waals surface area contributed by atoms with Gasteiger partial charge in [-0.25, -0.2) is 0 Å². The maximum atomic E-state index is 9.17. The molecule has 3 nitrogen and oxygen atoms in total. The summed E-state index contributed by atoms with van der Waals surface area (Å²) >= 11 is 5.68. The molecule has 22 heavy (non-hydrogen) atoms. The summed E-state index contributed by atoms with van der Waals surface area (Å²) in [6.07, 6.45) is 6.70. The summed E-state index contributed by atoms with van der Waals surface area (Å²) in [4.78, 5) is 0. The first-order valence-electron chi connectivity index (χ1n) is 8.02. The van der Waals surface area contributed by atoms with Crippen molar-refractivity contribution in [1.29, 1.82) is 5.26 Å². The van der Waals surface area contributed by atoms with Crippen molar-refractivity contribution in [2.24, 2.45) is 5.92 Å². The second kappa shape index (κ2) is 13.8. The first-order valence-corrected chi connectivity index (χ1v) is 8.55. The van der Waals surface area contributed by atoms with E-state index < -0.39 is 0 Å². The molecule has 0 aliphatic carbocycles. The second-order valence-electron chi connectivity index (χ2n) is 5.51. The lowest BCUT2D eigenvalue weighted by atomic mass is 9.95. The third kappa shape index (κ3) is 10.8. The summed E-state index contributed by atoms with van der Waals surface area (Å²) in [5.41, 5.74) is 2.63. The van der Waals surface area contributed by atoms with Crippen LogP contribution >= 0.6 is 11.6 Å². The molecule has 0 fully saturated rings. The Bertz CT molecular complexity index is 385. The summed E-state index contributed by atoms with van der Waals surface area (Å²) in [7, 11) is 0. The van der Waals surface area contributed by atoms with Gasteiger partial charge in [-0.3, -0.25) is 0 Å². The quantitative estimate of drug-likeness (QED) is 0.292. The molecule has 0 rings (SSSR count). The van der Waals surface area contributed by atoms with Gasteiger partial charge in [-0.2, -0.15) is 5.26 Å². The molecule has 0 bridgehead atoms. The Morgan fingerprint density at radius 1 is 1.27 bits per heavy atom. The van der Waals surface area contributed by atoms with Gasteiger partial charge in [0.2, 0.25) is 0 Å². The second-order valence-corrected chi connectivity index (χ2v) is 5.82. The third-order valence-electron chi connectivity index (χ3n) is 3.67. The summed E-state index contributed by atoms with van der Waals surface area (Å²) in [5, 5.41) is 9.17. The van der Waals surface area contributed by atoms with E-state index in [1.54, 1.807) is 0 Å². The lowest BCUT2D eigenvalue weighted by Crippen LogP contribution is -2.18. The lowest BCUT2D eigenvalue weighted by molar-refractivity contribution is 0.0232. The van der Waals surface area contributed by atoms with E-state index >= 15 is 0 Å². The van der Waals surface area contributed by atoms with Crippen LogP contribution in [-0.2, 0) is 9.47 Å². The molecular formula is C18H30ClNO2. The van der Waals surface area contributed by atoms with Gasteiger partial charge >= 0.3 is 0 Å². The van der Waals surface area contributed by atoms with Crippen LogP contribution < -0.4 is 0 Å². The first kappa shape index (κ1) is 21.2. The van der Waals surface area contributed by atoms with Gasteiger partial charge in [0.05, 0.1) is 19.3 Å². The van der Waals surface area contributed by atoms with E-state index in [2.05, 4.69) is 32.9 Å². The van der Waals surface area contributed by atoms with Crippen LogP contribution in [0, 0.1) is 17.2 Å². The Morgan fingerprint density at radius 3 is 2.59 bits per heavy atom. The third-order valence-corrected chi connectivity index (χ3v) is 3.82. The van der Waals surface area contributed by atoms with Crippen molar-refractivity contribution in [3.05, 3.63) is 23.3 Å². The van der Waals surface area contributed by atoms with Crippen molar-refractivity contribution < 1.29 is 9.47 Å². The summed E-state index contributed by atoms with van der Waals surface area (Å²) in [5.74, 6) is 0.919. The number of halogens is 1. The van der Waals surface area contributed by atoms with Crippen LogP contribution in [0.2, 0.25) is 0 Å². The van der Waals surface area contributed by atoms with E-state index in [1.807, 2.05) is 13.0 Å². The topological polar surface area (TPSA) is 42.2 Å². The molecule has 0 aliphatic heterocycles. The summed E-state index contributed by atoms with van der Waals surface area (Å²) in [6.45, 7) is 10.0. The summed E-state index contributed by atoms with van der Waals surface area (Å²) in [6, 6.07) is 2.23. The van der Waals surface area contributed by atoms with E-state index in [0.29, 0.717) is 31.6 Å². The number of ether oxygens (including phenoxy) is 2. The number of hydrogen-bond acceptors (Lipinski definition) is 3. The molecule has 0 saturated heterocycles. The fraction of sp³-hybridized carbons (Fsp3) is 0.722. The molecule has 4 heteroatoms. The zero-order chi connectivity index (χ0) is 16.8. The van der Waals surface area contributed by atoms with Crippen molar-refractivity contribution in [1.82, 2.24) is 0 Å². The SMILES string of the molecule is CCOCCOC(C#N)CC(C)/C(C)=C/CC/C(C)=C/CCl. The van der Waals surface area contributed by atoms with E-state index in [9.17, 15) is 0 Å². The highest BCUT2D eigenvalue weighted by Gasteiger charge is 2.14. The van der Waals surface area contributed by atoms with Gasteiger partial charge in [-0.15, -0.1) is 11.6 Å². The lowest BCUT2D eigenvalue weighted by Gasteiger charge is -2.17. The maximum Gasteiger partial charge on any atom is 0.144 e. The molecule has 0 aromatic carbocycles. The van der Waals surface area contributed by atoms with E-state index in [0.717, 1.165) is 19.3 Å². The molecule has 0 aliphatic rings. The van der Waals surface area contributed by atoms with Crippen LogP contribution in [0.3, 0.4) is 0 Å². The van der Waals surface area contributed by atoms with Gasteiger partial charge in [0, 0.05) is 12.5 Å². The number of nitriles is 1. The number of rotatable bonds is 12. The molecule has 0 heterocycles. The van der Waals surface area contributed by atoms with Gasteiger partial charge in [-0.05, 0) is 46.0 Å². The minimum Gasteiger partial charge on any atom is -0.379 e. The highest BCUT2D eigenvalue weighted by Crippen LogP contribution is 2.19. The Kier molecular flexibility index (Phi) is 13.3. The fourth-order valence-electron chi connectivity index (χ4n) is 2.02. The molecule has 0 saturated carbocycles. The zero-order valence-electron chi connectivity index (χ0n) is 14.4. The van der Waals surface area contributed by atoms with Crippen molar-refractivity contribution in [3.63, 3.8) is 0 Å². The van der Waals surface area contributed by atoms with Crippen LogP contribution in [0.1, 0.15) is 47.0 Å². The summed E-state index contributed by atoms with van der Waals surface area (Å²) < 4.78 is 10.8. The molecule has 0 spiro atoms. The average Bonchev–Trinajstić information content (AvgIpc) is 2.50. The van der Waals surface area contributed by atoms with Gasteiger partial charge in [0.25, 0.3) is 0 Å². The van der Waals surface area contributed by atoms with Crippen LogP contribution in [0.25, 0.3) is 0 Å². The van der Waals surface area contributed by atoms with Crippen LogP contribution in [0.4, 0.5) is 0 Å². The van der Waals surface area contributed by atoms with Crippen LogP contribution in [-0.4, -0.2) is 31.8 Å². The van der Waals surface area contributed by atoms with Gasteiger partial charge in [0.15, 0.2) is 0 Å². The van der Waals surface area contributed by atoms with Crippen molar-refractivity contribution in [3.8, 4) is 6.07 Å². The number of allylic oxidation sites excluding steroid dienone is 4. The smallest absolute Gasteiger partial charge is 0.144 e. The monoisotopic (exact) mass is 327 g/mol. The molecule has 0 N–H and O–H groups in total. The number of hydrogen-bond donors (Lipinski definition) is 0. The molecule has 126 valence electrons. The fourth-order valence-corrected chi connectivity index (χ4v) is 2.28. The molecule has 2 atom stereocenters. The predicted octanol–water partition coefficient (Wildman–Crippen LogP) is 4.87. The first-order chi connectivity index (χ1) is 10.5. The van der Waals surface area contributed by atoms with Gasteiger partial charge in [0.1, 0.15) is 6.10 Å². The Labute approximate surface area is 140 Å². The van der Waals surface area contributed by atoms with E-state index in [4.69, 9.17) is 26.3 Å². The van der Waals surface area contributed by atoms with E-state index in [-0.39, 0.29) is 6.10 Å². The van der Waals surface area contributed by atoms with Crippen molar-refractivity contribution in [2.45, 2.75) is 53.1 Å². The molecule has 0 aromatic rings. The average molecular weight is 328 g/mol. The highest BCUT2D eigenvalue weighted by molar-refractivity contribution is 6.18. The van der Waals surface area contributed by atoms with Gasteiger partial charge < -0.3 is 9.47 Å². The largest absolute Gasteiger partial charge is 0.379 e. The highest BCUT2D eigenvalue weighted by atomic mass is 35.5. The van der Waals surface area contributed by atoms with Crippen molar-refractivity contribution >= 4 is 11.6 Å². The predicted molar refractivity (Wildman–Crippen MR) is 93.1 cm³/mol. The number of nitrogens with zero attached hydrogens (tertiary/aromatic N) is 1. The normalized spacial score (nSPS) is 15.5. The minimum atomic E-state index is -0.364. The molecular weight excluding hydrogens is 298 g/mol. The van der Waals surface area contributed by atoms with Gasteiger partial charge in [-0.1, -0.05) is 30.2 Å². The number of alkyl halides is 1. The van der Waals surface area contributed by atoms with E-state index in [1.165, 1.54) is 11.1 Å². The van der Waals surface area contributed by atoms with Crippen molar-refractivity contribution in [2.75, 3.05) is 25.7 Å². The Hall–Kier alpha value is -0.820. The maximum absolute atomic E-state index is 9.17. The Morgan fingerprint density at radius 2 is 2.00 bits per heavy atom. The van der Waals surface area contributed by atoms with Crippen LogP contribution in [0.15, 0.2) is 23.3 Å². The minimum absolute atomic E-state index is 0.342. The standard InChI is InChI=1S/C18H30ClNO2/c1-5-21-11-12-22-18(14-20)13-17(4)16(3)8-6-7-15(2)9-10-19/h8-9,17-18H,5-7,10-13H2,1-4H3/b15-9+,16-8+. The molecule has 0 aromatic heterocycles. The molecule has 0 amide bonds. The molecule has 0 radical (unpaired) electrons. The zero-order valence-corrected chi connectivity index (χ0v) is 15.2. The Balaban J connectivity index is 4.17. The molecule has 2 unspecified atom stereocenters. The van der Waals surface area contributed by atoms with Crippen LogP contribution in [0.5, 0.6) is 0 Å².